The second-order valence-electron chi connectivity index (χ2n) is 3.41. The minimum atomic E-state index is 0.308. The minimum absolute atomic E-state index is 0.308. The van der Waals surface area contributed by atoms with Crippen LogP contribution in [0.3, 0.4) is 0 Å². The average molecular weight is 192 g/mol. The maximum atomic E-state index is 9.09. The van der Waals surface area contributed by atoms with E-state index in [1.165, 1.54) is 12.8 Å². The van der Waals surface area contributed by atoms with E-state index in [1.807, 2.05) is 0 Å². The lowest BCUT2D eigenvalue weighted by atomic mass is 10.0. The molecule has 0 aromatic rings. The molecule has 1 aliphatic heterocycles. The Bertz CT molecular complexity index is 121. The Morgan fingerprint density at radius 3 is 2.92 bits per heavy atom. The van der Waals surface area contributed by atoms with Gasteiger partial charge < -0.3 is 5.11 Å². The highest BCUT2D eigenvalue weighted by Gasteiger charge is 2.20. The Morgan fingerprint density at radius 2 is 2.25 bits per heavy atom. The number of aliphatic hydroxyl groups is 1. The fourth-order valence-corrected chi connectivity index (χ4v) is 1.94. The molecule has 0 bridgehead atoms. The maximum absolute atomic E-state index is 9.09. The van der Waals surface area contributed by atoms with E-state index in [1.54, 1.807) is 0 Å². The highest BCUT2D eigenvalue weighted by molar-refractivity contribution is 6.17. The number of hydrogen-bond donors (Lipinski definition) is 1. The molecule has 3 heteroatoms. The fourth-order valence-electron chi connectivity index (χ4n) is 1.82. The summed E-state index contributed by atoms with van der Waals surface area (Å²) in [5.41, 5.74) is 0. The van der Waals surface area contributed by atoms with Gasteiger partial charge in [-0.3, -0.25) is 4.90 Å². The molecule has 0 amide bonds. The van der Waals surface area contributed by atoms with Crippen molar-refractivity contribution in [2.75, 3.05) is 25.6 Å². The Balaban J connectivity index is 2.26. The van der Waals surface area contributed by atoms with E-state index in [0.29, 0.717) is 12.6 Å². The Hall–Kier alpha value is 0.210. The lowest BCUT2D eigenvalue weighted by Crippen LogP contribution is -2.42. The third-order valence-electron chi connectivity index (χ3n) is 2.54. The monoisotopic (exact) mass is 191 g/mol. The predicted octanol–water partition coefficient (Wildman–Crippen LogP) is 1.46. The lowest BCUT2D eigenvalue weighted by molar-refractivity contribution is 0.0906. The molecule has 1 saturated heterocycles. The Kier molecular flexibility index (Phi) is 4.96. The van der Waals surface area contributed by atoms with Crippen molar-refractivity contribution in [3.05, 3.63) is 0 Å². The molecule has 1 N–H and O–H groups in total. The third-order valence-corrected chi connectivity index (χ3v) is 2.81. The zero-order valence-corrected chi connectivity index (χ0v) is 8.26. The topological polar surface area (TPSA) is 23.5 Å². The lowest BCUT2D eigenvalue weighted by Gasteiger charge is -2.34. The number of hydrogen-bond acceptors (Lipinski definition) is 2. The van der Waals surface area contributed by atoms with Crippen LogP contribution in [0.15, 0.2) is 0 Å². The van der Waals surface area contributed by atoms with Gasteiger partial charge in [0.05, 0.1) is 6.61 Å². The van der Waals surface area contributed by atoms with Crippen molar-refractivity contribution in [3.8, 4) is 0 Å². The molecule has 0 aromatic carbocycles. The van der Waals surface area contributed by atoms with Crippen LogP contribution in [0.1, 0.15) is 25.7 Å². The average Bonchev–Trinajstić information content (AvgIpc) is 2.15. The molecule has 1 atom stereocenters. The highest BCUT2D eigenvalue weighted by Crippen LogP contribution is 2.16. The van der Waals surface area contributed by atoms with Gasteiger partial charge in [-0.25, -0.2) is 0 Å². The van der Waals surface area contributed by atoms with E-state index in [4.69, 9.17) is 16.7 Å². The van der Waals surface area contributed by atoms with Gasteiger partial charge in [0.1, 0.15) is 0 Å². The highest BCUT2D eigenvalue weighted by atomic mass is 35.5. The molecule has 1 fully saturated rings. The van der Waals surface area contributed by atoms with Gasteiger partial charge in [-0.05, 0) is 32.4 Å². The van der Waals surface area contributed by atoms with Crippen LogP contribution in [0.4, 0.5) is 0 Å². The standard InChI is InChI=1S/C9H18ClNO/c10-5-3-7-11-6-2-1-4-9(11)8-12/h9,12H,1-8H2. The van der Waals surface area contributed by atoms with Gasteiger partial charge in [0, 0.05) is 11.9 Å². The summed E-state index contributed by atoms with van der Waals surface area (Å²) in [7, 11) is 0. The van der Waals surface area contributed by atoms with Crippen LogP contribution < -0.4 is 0 Å². The first-order chi connectivity index (χ1) is 5.88. The van der Waals surface area contributed by atoms with Crippen LogP contribution >= 0.6 is 11.6 Å². The van der Waals surface area contributed by atoms with Crippen molar-refractivity contribution in [3.63, 3.8) is 0 Å². The van der Waals surface area contributed by atoms with Gasteiger partial charge in [0.2, 0.25) is 0 Å². The van der Waals surface area contributed by atoms with Crippen molar-refractivity contribution in [1.82, 2.24) is 4.90 Å². The summed E-state index contributed by atoms with van der Waals surface area (Å²) >= 11 is 5.62. The molecule has 0 aliphatic carbocycles. The number of nitrogens with zero attached hydrogens (tertiary/aromatic N) is 1. The molecule has 1 rings (SSSR count). The Labute approximate surface area is 79.5 Å². The first-order valence-electron chi connectivity index (χ1n) is 4.79. The van der Waals surface area contributed by atoms with E-state index in [-0.39, 0.29) is 0 Å². The predicted molar refractivity (Wildman–Crippen MR) is 51.6 cm³/mol. The van der Waals surface area contributed by atoms with Crippen LogP contribution in [-0.4, -0.2) is 41.6 Å². The number of alkyl halides is 1. The molecule has 12 heavy (non-hydrogen) atoms. The van der Waals surface area contributed by atoms with Crippen molar-refractivity contribution in [2.24, 2.45) is 0 Å². The quantitative estimate of drug-likeness (QED) is 0.681. The number of likely N-dealkylation sites (tertiary alicyclic amines) is 1. The van der Waals surface area contributed by atoms with Crippen molar-refractivity contribution in [1.29, 1.82) is 0 Å². The molecular weight excluding hydrogens is 174 g/mol. The normalized spacial score (nSPS) is 26.0. The van der Waals surface area contributed by atoms with E-state index < -0.39 is 0 Å². The van der Waals surface area contributed by atoms with E-state index in [9.17, 15) is 0 Å². The second kappa shape index (κ2) is 5.79. The molecule has 0 saturated carbocycles. The van der Waals surface area contributed by atoms with Crippen LogP contribution in [-0.2, 0) is 0 Å². The molecule has 0 spiro atoms. The van der Waals surface area contributed by atoms with Gasteiger partial charge in [0.15, 0.2) is 0 Å². The summed E-state index contributed by atoms with van der Waals surface area (Å²) in [5.74, 6) is 0.731. The van der Waals surface area contributed by atoms with Crippen LogP contribution in [0.25, 0.3) is 0 Å². The summed E-state index contributed by atoms with van der Waals surface area (Å²) in [6, 6.07) is 0.405. The maximum Gasteiger partial charge on any atom is 0.0586 e. The van der Waals surface area contributed by atoms with E-state index >= 15 is 0 Å². The molecule has 0 aromatic heterocycles. The fraction of sp³-hybridized carbons (Fsp3) is 1.00. The van der Waals surface area contributed by atoms with Crippen molar-refractivity contribution < 1.29 is 5.11 Å². The summed E-state index contributed by atoms with van der Waals surface area (Å²) in [4.78, 5) is 2.37. The third kappa shape index (κ3) is 2.92. The van der Waals surface area contributed by atoms with Crippen LogP contribution in [0.5, 0.6) is 0 Å². The molecule has 0 radical (unpaired) electrons. The molecule has 2 nitrogen and oxygen atoms in total. The van der Waals surface area contributed by atoms with Crippen molar-refractivity contribution in [2.45, 2.75) is 31.7 Å². The zero-order chi connectivity index (χ0) is 8.81. The molecule has 1 aliphatic rings. The summed E-state index contributed by atoms with van der Waals surface area (Å²) in [6.07, 6.45) is 4.73. The number of piperidine rings is 1. The van der Waals surface area contributed by atoms with Crippen LogP contribution in [0, 0.1) is 0 Å². The van der Waals surface area contributed by atoms with Gasteiger partial charge >= 0.3 is 0 Å². The number of rotatable bonds is 4. The van der Waals surface area contributed by atoms with E-state index in [0.717, 1.165) is 31.8 Å². The molecule has 72 valence electrons. The minimum Gasteiger partial charge on any atom is -0.395 e. The summed E-state index contributed by atoms with van der Waals surface area (Å²) < 4.78 is 0. The largest absolute Gasteiger partial charge is 0.395 e. The number of aliphatic hydroxyl groups excluding tert-OH is 1. The smallest absolute Gasteiger partial charge is 0.0586 e. The number of halogens is 1. The van der Waals surface area contributed by atoms with Crippen LogP contribution in [0.2, 0.25) is 0 Å². The molecular formula is C9H18ClNO. The summed E-state index contributed by atoms with van der Waals surface area (Å²) in [5, 5.41) is 9.09. The molecule has 1 unspecified atom stereocenters. The summed E-state index contributed by atoms with van der Waals surface area (Å²) in [6.45, 7) is 2.50. The van der Waals surface area contributed by atoms with Gasteiger partial charge in [-0.2, -0.15) is 0 Å². The van der Waals surface area contributed by atoms with Gasteiger partial charge in [-0.1, -0.05) is 6.42 Å². The van der Waals surface area contributed by atoms with Crippen molar-refractivity contribution >= 4 is 11.6 Å². The zero-order valence-electron chi connectivity index (χ0n) is 7.51. The first-order valence-corrected chi connectivity index (χ1v) is 5.33. The second-order valence-corrected chi connectivity index (χ2v) is 3.79. The molecule has 1 heterocycles. The SMILES string of the molecule is OCC1CCCCN1CCCCl. The Morgan fingerprint density at radius 1 is 1.42 bits per heavy atom. The van der Waals surface area contributed by atoms with Gasteiger partial charge in [-0.15, -0.1) is 11.6 Å². The first kappa shape index (κ1) is 10.3. The van der Waals surface area contributed by atoms with E-state index in [2.05, 4.69) is 4.90 Å². The van der Waals surface area contributed by atoms with Gasteiger partial charge in [0.25, 0.3) is 0 Å².